The minimum atomic E-state index is -0.360. The highest BCUT2D eigenvalue weighted by molar-refractivity contribution is 5.03. The van der Waals surface area contributed by atoms with Gasteiger partial charge >= 0.3 is 0 Å². The van der Waals surface area contributed by atoms with Crippen molar-refractivity contribution in [3.8, 4) is 6.07 Å². The van der Waals surface area contributed by atoms with Crippen molar-refractivity contribution >= 4 is 0 Å². The minimum Gasteiger partial charge on any atom is -0.305 e. The number of likely N-dealkylation sites (tertiary alicyclic amines) is 1. The summed E-state index contributed by atoms with van der Waals surface area (Å²) in [5, 5.41) is 12.5. The average Bonchev–Trinajstić information content (AvgIpc) is 2.71. The molecule has 1 saturated heterocycles. The fraction of sp³-hybridized carbons (Fsp3) is 0.933. The molecular weight excluding hydrogens is 236 g/mol. The quantitative estimate of drug-likeness (QED) is 0.759. The minimum absolute atomic E-state index is 0.360. The zero-order valence-electron chi connectivity index (χ0n) is 13.2. The maximum Gasteiger partial charge on any atom is 0.103 e. The number of likely N-dealkylation sites (N-methyl/N-ethyl adjacent to an activating group) is 1. The molecule has 4 nitrogen and oxygen atoms in total. The molecule has 1 aliphatic heterocycles. The van der Waals surface area contributed by atoms with Gasteiger partial charge in [0.25, 0.3) is 0 Å². The van der Waals surface area contributed by atoms with E-state index < -0.39 is 0 Å². The number of nitrogens with zero attached hydrogens (tertiary/aromatic N) is 3. The smallest absolute Gasteiger partial charge is 0.103 e. The van der Waals surface area contributed by atoms with Gasteiger partial charge < -0.3 is 9.80 Å². The second kappa shape index (κ2) is 7.23. The van der Waals surface area contributed by atoms with Crippen molar-refractivity contribution in [2.75, 3.05) is 40.3 Å². The van der Waals surface area contributed by atoms with Gasteiger partial charge in [0.2, 0.25) is 0 Å². The molecule has 0 aromatic heterocycles. The van der Waals surface area contributed by atoms with Crippen LogP contribution in [0.15, 0.2) is 0 Å². The summed E-state index contributed by atoms with van der Waals surface area (Å²) in [7, 11) is 4.34. The molecule has 1 N–H and O–H groups in total. The lowest BCUT2D eigenvalue weighted by atomic mass is 9.97. The zero-order valence-corrected chi connectivity index (χ0v) is 13.2. The summed E-state index contributed by atoms with van der Waals surface area (Å²) in [6, 6.07) is 3.08. The first kappa shape index (κ1) is 16.4. The van der Waals surface area contributed by atoms with Crippen molar-refractivity contribution in [2.24, 2.45) is 5.92 Å². The Morgan fingerprint density at radius 1 is 1.42 bits per heavy atom. The van der Waals surface area contributed by atoms with Gasteiger partial charge in [-0.1, -0.05) is 13.8 Å². The van der Waals surface area contributed by atoms with Crippen LogP contribution in [0.4, 0.5) is 0 Å². The van der Waals surface area contributed by atoms with E-state index in [9.17, 15) is 5.26 Å². The van der Waals surface area contributed by atoms with E-state index in [1.807, 2.05) is 6.92 Å². The second-order valence-corrected chi connectivity index (χ2v) is 6.35. The van der Waals surface area contributed by atoms with Gasteiger partial charge in [-0.3, -0.25) is 5.32 Å². The molecule has 1 fully saturated rings. The molecular formula is C15H30N4. The van der Waals surface area contributed by atoms with Gasteiger partial charge in [-0.2, -0.15) is 5.26 Å². The average molecular weight is 266 g/mol. The van der Waals surface area contributed by atoms with Crippen LogP contribution in [0.25, 0.3) is 0 Å². The van der Waals surface area contributed by atoms with Crippen LogP contribution in [0.1, 0.15) is 33.6 Å². The predicted octanol–water partition coefficient (Wildman–Crippen LogP) is 1.54. The predicted molar refractivity (Wildman–Crippen MR) is 80.0 cm³/mol. The molecule has 0 radical (unpaired) electrons. The fourth-order valence-corrected chi connectivity index (χ4v) is 3.13. The molecule has 0 spiro atoms. The lowest BCUT2D eigenvalue weighted by molar-refractivity contribution is 0.248. The normalized spacial score (nSPS) is 27.4. The molecule has 4 heteroatoms. The first-order valence-corrected chi connectivity index (χ1v) is 7.47. The molecule has 0 amide bonds. The van der Waals surface area contributed by atoms with Gasteiger partial charge in [0.05, 0.1) is 6.07 Å². The summed E-state index contributed by atoms with van der Waals surface area (Å²) >= 11 is 0. The van der Waals surface area contributed by atoms with Crippen molar-refractivity contribution in [1.82, 2.24) is 15.1 Å². The molecule has 1 rings (SSSR count). The van der Waals surface area contributed by atoms with Crippen molar-refractivity contribution in [2.45, 2.75) is 45.2 Å². The SMILES string of the molecule is CCNC(C)(C#N)CCCN1CC(C)C(N(C)C)C1. The van der Waals surface area contributed by atoms with E-state index in [0.717, 1.165) is 31.8 Å². The molecule has 19 heavy (non-hydrogen) atoms. The van der Waals surface area contributed by atoms with E-state index in [1.54, 1.807) is 0 Å². The van der Waals surface area contributed by atoms with E-state index in [1.165, 1.54) is 13.1 Å². The molecule has 0 aromatic rings. The van der Waals surface area contributed by atoms with Crippen LogP contribution in [0.3, 0.4) is 0 Å². The molecule has 0 saturated carbocycles. The van der Waals surface area contributed by atoms with Crippen molar-refractivity contribution < 1.29 is 0 Å². The Kier molecular flexibility index (Phi) is 6.25. The third-order valence-electron chi connectivity index (χ3n) is 4.28. The Balaban J connectivity index is 2.33. The summed E-state index contributed by atoms with van der Waals surface area (Å²) in [5.74, 6) is 0.742. The first-order valence-electron chi connectivity index (χ1n) is 7.47. The topological polar surface area (TPSA) is 42.3 Å². The Morgan fingerprint density at radius 3 is 2.58 bits per heavy atom. The van der Waals surface area contributed by atoms with E-state index in [4.69, 9.17) is 0 Å². The number of hydrogen-bond acceptors (Lipinski definition) is 4. The van der Waals surface area contributed by atoms with Crippen molar-refractivity contribution in [1.29, 1.82) is 5.26 Å². The third kappa shape index (κ3) is 4.76. The van der Waals surface area contributed by atoms with E-state index >= 15 is 0 Å². The summed E-state index contributed by atoms with van der Waals surface area (Å²) in [6.07, 6.45) is 2.01. The summed E-state index contributed by atoms with van der Waals surface area (Å²) < 4.78 is 0. The molecule has 3 unspecified atom stereocenters. The molecule has 1 heterocycles. The standard InChI is InChI=1S/C15H30N4/c1-6-17-15(3,12-16)8-7-9-19-10-13(2)14(11-19)18(4)5/h13-14,17H,6-11H2,1-5H3. The van der Waals surface area contributed by atoms with Crippen LogP contribution in [0, 0.1) is 17.2 Å². The van der Waals surface area contributed by atoms with Gasteiger partial charge in [0.15, 0.2) is 0 Å². The first-order chi connectivity index (χ1) is 8.91. The van der Waals surface area contributed by atoms with Crippen LogP contribution in [-0.2, 0) is 0 Å². The summed E-state index contributed by atoms with van der Waals surface area (Å²) in [5.41, 5.74) is -0.360. The highest BCUT2D eigenvalue weighted by Crippen LogP contribution is 2.21. The molecule has 3 atom stereocenters. The van der Waals surface area contributed by atoms with Crippen LogP contribution in [0.2, 0.25) is 0 Å². The van der Waals surface area contributed by atoms with Gasteiger partial charge in [0, 0.05) is 19.1 Å². The van der Waals surface area contributed by atoms with E-state index in [0.29, 0.717) is 6.04 Å². The number of hydrogen-bond donors (Lipinski definition) is 1. The molecule has 0 aliphatic carbocycles. The van der Waals surface area contributed by atoms with Gasteiger partial charge in [-0.15, -0.1) is 0 Å². The maximum atomic E-state index is 9.23. The Bertz CT molecular complexity index is 310. The lowest BCUT2D eigenvalue weighted by Gasteiger charge is -2.24. The van der Waals surface area contributed by atoms with Gasteiger partial charge in [-0.25, -0.2) is 0 Å². The third-order valence-corrected chi connectivity index (χ3v) is 4.28. The Labute approximate surface area is 118 Å². The lowest BCUT2D eigenvalue weighted by Crippen LogP contribution is -2.41. The number of nitrogens with one attached hydrogen (secondary N) is 1. The summed E-state index contributed by atoms with van der Waals surface area (Å²) in [6.45, 7) is 10.7. The Hall–Kier alpha value is -0.630. The fourth-order valence-electron chi connectivity index (χ4n) is 3.13. The van der Waals surface area contributed by atoms with Gasteiger partial charge in [-0.05, 0) is 52.9 Å². The number of rotatable bonds is 7. The number of nitriles is 1. The molecule has 1 aliphatic rings. The Morgan fingerprint density at radius 2 is 2.11 bits per heavy atom. The molecule has 0 aromatic carbocycles. The van der Waals surface area contributed by atoms with Crippen LogP contribution < -0.4 is 5.32 Å². The molecule has 0 bridgehead atoms. The maximum absolute atomic E-state index is 9.23. The molecule has 110 valence electrons. The van der Waals surface area contributed by atoms with E-state index in [2.05, 4.69) is 49.1 Å². The van der Waals surface area contributed by atoms with Crippen molar-refractivity contribution in [3.63, 3.8) is 0 Å². The summed E-state index contributed by atoms with van der Waals surface area (Å²) in [4.78, 5) is 4.88. The van der Waals surface area contributed by atoms with Crippen LogP contribution >= 0.6 is 0 Å². The highest BCUT2D eigenvalue weighted by atomic mass is 15.2. The van der Waals surface area contributed by atoms with Crippen LogP contribution in [-0.4, -0.2) is 61.7 Å². The van der Waals surface area contributed by atoms with Crippen molar-refractivity contribution in [3.05, 3.63) is 0 Å². The van der Waals surface area contributed by atoms with Gasteiger partial charge in [0.1, 0.15) is 5.54 Å². The van der Waals surface area contributed by atoms with E-state index in [-0.39, 0.29) is 5.54 Å². The zero-order chi connectivity index (χ0) is 14.5. The largest absolute Gasteiger partial charge is 0.305 e. The van der Waals surface area contributed by atoms with Crippen LogP contribution in [0.5, 0.6) is 0 Å². The second-order valence-electron chi connectivity index (χ2n) is 6.35. The highest BCUT2D eigenvalue weighted by Gasteiger charge is 2.31. The monoisotopic (exact) mass is 266 g/mol.